The van der Waals surface area contributed by atoms with Crippen molar-refractivity contribution in [3.63, 3.8) is 0 Å². The number of nitrogens with one attached hydrogen (secondary N) is 2. The van der Waals surface area contributed by atoms with Gasteiger partial charge in [0.1, 0.15) is 0 Å². The minimum Gasteiger partial charge on any atom is -0.354 e. The van der Waals surface area contributed by atoms with E-state index in [1.807, 2.05) is 73.1 Å². The van der Waals surface area contributed by atoms with Gasteiger partial charge < -0.3 is 9.97 Å². The van der Waals surface area contributed by atoms with E-state index in [4.69, 9.17) is 9.98 Å². The molecule has 0 aliphatic rings. The van der Waals surface area contributed by atoms with Crippen LogP contribution in [0.25, 0.3) is 44.3 Å². The van der Waals surface area contributed by atoms with Crippen molar-refractivity contribution in [1.82, 2.24) is 9.97 Å². The zero-order chi connectivity index (χ0) is 26.7. The highest BCUT2D eigenvalue weighted by Crippen LogP contribution is 2.33. The molecule has 0 fully saturated rings. The van der Waals surface area contributed by atoms with Crippen LogP contribution in [-0.4, -0.2) is 22.4 Å². The number of aromatic nitrogens is 2. The molecule has 0 spiro atoms. The third-order valence-corrected chi connectivity index (χ3v) is 7.13. The van der Waals surface area contributed by atoms with E-state index < -0.39 is 0 Å². The quantitative estimate of drug-likeness (QED) is 0.208. The molecule has 2 aromatic heterocycles. The van der Waals surface area contributed by atoms with E-state index in [-0.39, 0.29) is 0 Å². The van der Waals surface area contributed by atoms with E-state index in [9.17, 15) is 0 Å². The van der Waals surface area contributed by atoms with Crippen molar-refractivity contribution in [3.8, 4) is 22.5 Å². The summed E-state index contributed by atoms with van der Waals surface area (Å²) in [5.41, 5.74) is 10.3. The predicted molar refractivity (Wildman–Crippen MR) is 168 cm³/mol. The topological polar surface area (TPSA) is 56.3 Å². The van der Waals surface area contributed by atoms with Gasteiger partial charge in [-0.3, -0.25) is 9.98 Å². The molecule has 0 amide bonds. The van der Waals surface area contributed by atoms with Crippen molar-refractivity contribution in [2.45, 2.75) is 0 Å². The number of rotatable bonds is 6. The molecule has 0 radical (unpaired) electrons. The summed E-state index contributed by atoms with van der Waals surface area (Å²) in [7, 11) is 0. The summed E-state index contributed by atoms with van der Waals surface area (Å²) < 4.78 is 0. The van der Waals surface area contributed by atoms with Crippen LogP contribution in [0.4, 0.5) is 11.4 Å². The maximum Gasteiger partial charge on any atom is 0.0723 e. The maximum absolute atomic E-state index is 4.92. The SMILES string of the molecule is C(=Nc1ccccc1-c1cc2ccccc2[nH]1)c1ccccc1C=Nc1ccccc1-c1cc2ccccc2[nH]1. The van der Waals surface area contributed by atoms with Crippen LogP contribution in [-0.2, 0) is 0 Å². The normalized spacial score (nSPS) is 11.8. The van der Waals surface area contributed by atoms with E-state index in [0.29, 0.717) is 0 Å². The van der Waals surface area contributed by atoms with Gasteiger partial charge in [-0.1, -0.05) is 97.1 Å². The Kier molecular flexibility index (Phi) is 6.11. The Labute approximate surface area is 232 Å². The first-order valence-corrected chi connectivity index (χ1v) is 13.3. The standard InChI is InChI=1S/C36H26N4/c1-2-14-28(24-38-34-20-10-6-16-30(34)36-22-26-12-4-8-18-32(26)40-36)27(13-1)23-37-33-19-9-5-15-29(33)35-21-25-11-3-7-17-31(25)39-35/h1-24,39-40H. The van der Waals surface area contributed by atoms with Crippen molar-refractivity contribution in [2.24, 2.45) is 9.98 Å². The fraction of sp³-hybridized carbons (Fsp3) is 0. The van der Waals surface area contributed by atoms with Gasteiger partial charge in [-0.05, 0) is 36.4 Å². The summed E-state index contributed by atoms with van der Waals surface area (Å²) in [5, 5.41) is 2.37. The average Bonchev–Trinajstić information content (AvgIpc) is 3.64. The van der Waals surface area contributed by atoms with E-state index in [1.165, 1.54) is 10.8 Å². The Morgan fingerprint density at radius 1 is 0.425 bits per heavy atom. The van der Waals surface area contributed by atoms with Crippen molar-refractivity contribution >= 4 is 45.6 Å². The smallest absolute Gasteiger partial charge is 0.0723 e. The van der Waals surface area contributed by atoms with Crippen molar-refractivity contribution in [1.29, 1.82) is 0 Å². The van der Waals surface area contributed by atoms with Crippen LogP contribution in [0.3, 0.4) is 0 Å². The third kappa shape index (κ3) is 4.63. The first kappa shape index (κ1) is 23.6. The second-order valence-corrected chi connectivity index (χ2v) is 9.72. The summed E-state index contributed by atoms with van der Waals surface area (Å²) in [4.78, 5) is 16.9. The van der Waals surface area contributed by atoms with Crippen LogP contribution in [0.5, 0.6) is 0 Å². The number of H-pyrrole nitrogens is 2. The minimum absolute atomic E-state index is 0.907. The van der Waals surface area contributed by atoms with Crippen LogP contribution in [0.1, 0.15) is 11.1 Å². The lowest BCUT2D eigenvalue weighted by atomic mass is 10.1. The van der Waals surface area contributed by atoms with Crippen LogP contribution < -0.4 is 0 Å². The molecule has 0 saturated carbocycles. The zero-order valence-corrected chi connectivity index (χ0v) is 21.8. The van der Waals surface area contributed by atoms with Crippen LogP contribution >= 0.6 is 0 Å². The fourth-order valence-corrected chi connectivity index (χ4v) is 5.09. The highest BCUT2D eigenvalue weighted by Gasteiger charge is 2.09. The number of fused-ring (bicyclic) bond motifs is 2. The molecule has 0 unspecified atom stereocenters. The van der Waals surface area contributed by atoms with Crippen molar-refractivity contribution < 1.29 is 0 Å². The molecule has 2 N–H and O–H groups in total. The molecule has 0 aliphatic heterocycles. The second kappa shape index (κ2) is 10.4. The second-order valence-electron chi connectivity index (χ2n) is 9.72. The Balaban J connectivity index is 1.20. The van der Waals surface area contributed by atoms with Gasteiger partial charge in [-0.15, -0.1) is 0 Å². The van der Waals surface area contributed by atoms with Crippen LogP contribution in [0.2, 0.25) is 0 Å². The average molecular weight is 515 g/mol. The summed E-state index contributed by atoms with van der Waals surface area (Å²) in [5.74, 6) is 0. The molecule has 0 bridgehead atoms. The van der Waals surface area contributed by atoms with Crippen LogP contribution in [0, 0.1) is 0 Å². The predicted octanol–water partition coefficient (Wildman–Crippen LogP) is 9.48. The Morgan fingerprint density at radius 3 is 1.30 bits per heavy atom. The molecule has 4 heteroatoms. The highest BCUT2D eigenvalue weighted by molar-refractivity contribution is 5.98. The fourth-order valence-electron chi connectivity index (χ4n) is 5.09. The third-order valence-electron chi connectivity index (χ3n) is 7.13. The first-order chi connectivity index (χ1) is 19.8. The van der Waals surface area contributed by atoms with Gasteiger partial charge in [0.25, 0.3) is 0 Å². The van der Waals surface area contributed by atoms with E-state index >= 15 is 0 Å². The summed E-state index contributed by atoms with van der Waals surface area (Å²) >= 11 is 0. The largest absolute Gasteiger partial charge is 0.354 e. The lowest BCUT2D eigenvalue weighted by molar-refractivity contribution is 1.42. The number of aliphatic imine (C=N–C) groups is 2. The molecule has 7 rings (SSSR count). The number of hydrogen-bond acceptors (Lipinski definition) is 2. The molecule has 0 aliphatic carbocycles. The number of aromatic amines is 2. The van der Waals surface area contributed by atoms with E-state index in [2.05, 4.69) is 82.8 Å². The monoisotopic (exact) mass is 514 g/mol. The molecular formula is C36H26N4. The molecular weight excluding hydrogens is 488 g/mol. The van der Waals surface area contributed by atoms with Gasteiger partial charge in [0.15, 0.2) is 0 Å². The van der Waals surface area contributed by atoms with Gasteiger partial charge in [-0.25, -0.2) is 0 Å². The molecule has 190 valence electrons. The summed E-state index contributed by atoms with van der Waals surface area (Å²) in [6.45, 7) is 0. The van der Waals surface area contributed by atoms with Crippen LogP contribution in [0.15, 0.2) is 143 Å². The maximum atomic E-state index is 4.92. The lowest BCUT2D eigenvalue weighted by Gasteiger charge is -2.05. The van der Waals surface area contributed by atoms with E-state index in [0.717, 1.165) is 56.0 Å². The van der Waals surface area contributed by atoms with E-state index in [1.54, 1.807) is 0 Å². The lowest BCUT2D eigenvalue weighted by Crippen LogP contribution is -1.91. The number of benzene rings is 5. The number of hydrogen-bond donors (Lipinski definition) is 2. The van der Waals surface area contributed by atoms with Gasteiger partial charge in [-0.2, -0.15) is 0 Å². The summed E-state index contributed by atoms with van der Waals surface area (Å²) in [6, 6.07) is 45.6. The summed E-state index contributed by atoms with van der Waals surface area (Å²) in [6.07, 6.45) is 3.85. The Morgan fingerprint density at radius 2 is 0.825 bits per heavy atom. The first-order valence-electron chi connectivity index (χ1n) is 13.3. The molecule has 2 heterocycles. The molecule has 40 heavy (non-hydrogen) atoms. The van der Waals surface area contributed by atoms with Gasteiger partial charge in [0.2, 0.25) is 0 Å². The van der Waals surface area contributed by atoms with Gasteiger partial charge >= 0.3 is 0 Å². The Hall–Kier alpha value is -5.48. The zero-order valence-electron chi connectivity index (χ0n) is 21.8. The molecule has 4 nitrogen and oxygen atoms in total. The molecule has 0 saturated heterocycles. The highest BCUT2D eigenvalue weighted by atomic mass is 14.8. The number of nitrogens with zero attached hydrogens (tertiary/aromatic N) is 2. The number of para-hydroxylation sites is 4. The van der Waals surface area contributed by atoms with Crippen molar-refractivity contribution in [3.05, 3.63) is 145 Å². The molecule has 7 aromatic rings. The minimum atomic E-state index is 0.907. The molecule has 0 atom stereocenters. The van der Waals surface area contributed by atoms with Gasteiger partial charge in [0, 0.05) is 67.9 Å². The Bertz CT molecular complexity index is 1810. The molecule has 5 aromatic carbocycles. The van der Waals surface area contributed by atoms with Crippen molar-refractivity contribution in [2.75, 3.05) is 0 Å². The van der Waals surface area contributed by atoms with Gasteiger partial charge in [0.05, 0.1) is 11.4 Å².